The number of benzene rings is 2. The third-order valence-electron chi connectivity index (χ3n) is 3.72. The Morgan fingerprint density at radius 1 is 1.31 bits per heavy atom. The number of ether oxygens (including phenoxy) is 1. The van der Waals surface area contributed by atoms with Crippen molar-refractivity contribution >= 4 is 17.8 Å². The van der Waals surface area contributed by atoms with Crippen molar-refractivity contribution in [2.75, 3.05) is 6.61 Å². The molecule has 0 heterocycles. The predicted molar refractivity (Wildman–Crippen MR) is 96.6 cm³/mol. The number of nitrogens with one attached hydrogen (secondary N) is 1. The molecular weight excluding hydrogens is 338 g/mol. The summed E-state index contributed by atoms with van der Waals surface area (Å²) in [6, 6.07) is 7.67. The molecule has 2 rings (SSSR count). The highest BCUT2D eigenvalue weighted by Crippen LogP contribution is 2.25. The standard InChI is InChI=1S/C18H19N3O5/c1-11-6-12(2)13(3)17(7-11)26-10-18(23)20-19-9-14-4-5-16(22)15(8-14)21(24)25/h4-9,22H,10H2,1-3H3,(H,20,23)/b19-9+. The molecule has 0 spiro atoms. The van der Waals surface area contributed by atoms with Crippen LogP contribution in [-0.4, -0.2) is 28.8 Å². The van der Waals surface area contributed by atoms with Crippen LogP contribution >= 0.6 is 0 Å². The Morgan fingerprint density at radius 3 is 2.73 bits per heavy atom. The van der Waals surface area contributed by atoms with E-state index in [-0.39, 0.29) is 6.61 Å². The average Bonchev–Trinajstić information content (AvgIpc) is 2.58. The molecular formula is C18H19N3O5. The van der Waals surface area contributed by atoms with Gasteiger partial charge in [-0.3, -0.25) is 14.9 Å². The van der Waals surface area contributed by atoms with Crippen LogP contribution in [0.15, 0.2) is 35.4 Å². The van der Waals surface area contributed by atoms with Crippen LogP contribution in [0.1, 0.15) is 22.3 Å². The van der Waals surface area contributed by atoms with E-state index in [1.807, 2.05) is 32.9 Å². The fraction of sp³-hybridized carbons (Fsp3) is 0.222. The van der Waals surface area contributed by atoms with Crippen molar-refractivity contribution in [2.45, 2.75) is 20.8 Å². The van der Waals surface area contributed by atoms with E-state index in [2.05, 4.69) is 10.5 Å². The molecule has 0 atom stereocenters. The largest absolute Gasteiger partial charge is 0.502 e. The summed E-state index contributed by atoms with van der Waals surface area (Å²) in [6.45, 7) is 5.62. The maximum Gasteiger partial charge on any atom is 0.311 e. The van der Waals surface area contributed by atoms with Crippen LogP contribution in [0.4, 0.5) is 5.69 Å². The van der Waals surface area contributed by atoms with Gasteiger partial charge in [0.1, 0.15) is 5.75 Å². The fourth-order valence-electron chi connectivity index (χ4n) is 2.27. The van der Waals surface area contributed by atoms with Crippen LogP contribution in [0, 0.1) is 30.9 Å². The number of hydrogen-bond acceptors (Lipinski definition) is 6. The average molecular weight is 357 g/mol. The zero-order valence-corrected chi connectivity index (χ0v) is 14.6. The molecule has 0 aliphatic rings. The van der Waals surface area contributed by atoms with Gasteiger partial charge in [-0.05, 0) is 55.7 Å². The summed E-state index contributed by atoms with van der Waals surface area (Å²) in [4.78, 5) is 21.9. The number of aryl methyl sites for hydroxylation is 2. The molecule has 2 aromatic rings. The second kappa shape index (κ2) is 8.11. The number of carbonyl (C=O) groups excluding carboxylic acids is 1. The van der Waals surface area contributed by atoms with Crippen LogP contribution < -0.4 is 10.2 Å². The van der Waals surface area contributed by atoms with Gasteiger partial charge in [0.2, 0.25) is 0 Å². The summed E-state index contributed by atoms with van der Waals surface area (Å²) < 4.78 is 5.52. The highest BCUT2D eigenvalue weighted by molar-refractivity contribution is 5.84. The van der Waals surface area contributed by atoms with Crippen molar-refractivity contribution in [2.24, 2.45) is 5.10 Å². The number of phenolic OH excluding ortho intramolecular Hbond substituents is 1. The number of aromatic hydroxyl groups is 1. The number of hydrogen-bond donors (Lipinski definition) is 2. The first-order chi connectivity index (χ1) is 12.3. The number of rotatable bonds is 6. The summed E-state index contributed by atoms with van der Waals surface area (Å²) >= 11 is 0. The maximum atomic E-state index is 11.8. The molecule has 0 unspecified atom stereocenters. The maximum absolute atomic E-state index is 11.8. The molecule has 0 aromatic heterocycles. The molecule has 0 saturated heterocycles. The van der Waals surface area contributed by atoms with E-state index in [0.717, 1.165) is 22.8 Å². The molecule has 0 aliphatic carbocycles. The second-order valence-corrected chi connectivity index (χ2v) is 5.79. The van der Waals surface area contributed by atoms with Crippen LogP contribution in [0.3, 0.4) is 0 Å². The summed E-state index contributed by atoms with van der Waals surface area (Å²) in [5.41, 5.74) is 5.29. The van der Waals surface area contributed by atoms with Crippen molar-refractivity contribution in [1.82, 2.24) is 5.43 Å². The number of nitrogens with zero attached hydrogens (tertiary/aromatic N) is 2. The lowest BCUT2D eigenvalue weighted by Gasteiger charge is -2.11. The Bertz CT molecular complexity index is 877. The molecule has 1 amide bonds. The Labute approximate surface area is 150 Å². The van der Waals surface area contributed by atoms with Gasteiger partial charge in [0.15, 0.2) is 12.4 Å². The molecule has 0 bridgehead atoms. The zero-order valence-electron chi connectivity index (χ0n) is 14.6. The van der Waals surface area contributed by atoms with Crippen molar-refractivity contribution < 1.29 is 19.6 Å². The second-order valence-electron chi connectivity index (χ2n) is 5.79. The predicted octanol–water partition coefficient (Wildman–Crippen LogP) is 2.75. The minimum Gasteiger partial charge on any atom is -0.502 e. The Balaban J connectivity index is 1.94. The zero-order chi connectivity index (χ0) is 19.3. The lowest BCUT2D eigenvalue weighted by atomic mass is 10.1. The lowest BCUT2D eigenvalue weighted by Crippen LogP contribution is -2.24. The number of carbonyl (C=O) groups is 1. The SMILES string of the molecule is Cc1cc(C)c(C)c(OCC(=O)N/N=C/c2ccc(O)c([N+](=O)[O-])c2)c1. The van der Waals surface area contributed by atoms with E-state index in [0.29, 0.717) is 11.3 Å². The van der Waals surface area contributed by atoms with Crippen LogP contribution in [-0.2, 0) is 4.79 Å². The molecule has 136 valence electrons. The fourth-order valence-corrected chi connectivity index (χ4v) is 2.27. The highest BCUT2D eigenvalue weighted by atomic mass is 16.6. The summed E-state index contributed by atoms with van der Waals surface area (Å²) in [6.07, 6.45) is 1.24. The number of amides is 1. The van der Waals surface area contributed by atoms with Gasteiger partial charge in [-0.2, -0.15) is 5.10 Å². The van der Waals surface area contributed by atoms with Gasteiger partial charge < -0.3 is 9.84 Å². The van der Waals surface area contributed by atoms with Gasteiger partial charge in [-0.1, -0.05) is 6.07 Å². The molecule has 0 fully saturated rings. The van der Waals surface area contributed by atoms with Gasteiger partial charge in [-0.25, -0.2) is 5.43 Å². The van der Waals surface area contributed by atoms with Crippen molar-refractivity contribution in [3.8, 4) is 11.5 Å². The van der Waals surface area contributed by atoms with Gasteiger partial charge >= 0.3 is 5.69 Å². The highest BCUT2D eigenvalue weighted by Gasteiger charge is 2.12. The number of nitro benzene ring substituents is 1. The molecule has 2 aromatic carbocycles. The van der Waals surface area contributed by atoms with E-state index in [9.17, 15) is 20.0 Å². The van der Waals surface area contributed by atoms with E-state index in [4.69, 9.17) is 4.74 Å². The lowest BCUT2D eigenvalue weighted by molar-refractivity contribution is -0.385. The van der Waals surface area contributed by atoms with E-state index < -0.39 is 22.3 Å². The smallest absolute Gasteiger partial charge is 0.311 e. The minimum absolute atomic E-state index is 0.212. The minimum atomic E-state index is -0.703. The Morgan fingerprint density at radius 2 is 2.04 bits per heavy atom. The number of nitro groups is 1. The van der Waals surface area contributed by atoms with E-state index in [1.54, 1.807) is 0 Å². The van der Waals surface area contributed by atoms with E-state index in [1.165, 1.54) is 18.3 Å². The molecule has 2 N–H and O–H groups in total. The molecule has 0 radical (unpaired) electrons. The quantitative estimate of drug-likeness (QED) is 0.469. The van der Waals surface area contributed by atoms with Gasteiger partial charge in [0, 0.05) is 11.6 Å². The molecule has 8 heteroatoms. The number of hydrazone groups is 1. The first-order valence-corrected chi connectivity index (χ1v) is 7.78. The Hall–Kier alpha value is -3.42. The summed E-state index contributed by atoms with van der Waals surface area (Å²) in [7, 11) is 0. The summed E-state index contributed by atoms with van der Waals surface area (Å²) in [5, 5.41) is 23.9. The topological polar surface area (TPSA) is 114 Å². The van der Waals surface area contributed by atoms with Crippen LogP contribution in [0.5, 0.6) is 11.5 Å². The van der Waals surface area contributed by atoms with Crippen molar-refractivity contribution in [1.29, 1.82) is 0 Å². The molecule has 0 aliphatic heterocycles. The molecule has 8 nitrogen and oxygen atoms in total. The van der Waals surface area contributed by atoms with Gasteiger partial charge in [0.05, 0.1) is 11.1 Å². The monoisotopic (exact) mass is 357 g/mol. The van der Waals surface area contributed by atoms with E-state index >= 15 is 0 Å². The first kappa shape index (κ1) is 18.9. The normalized spacial score (nSPS) is 10.7. The molecule has 0 saturated carbocycles. The van der Waals surface area contributed by atoms with Crippen LogP contribution in [0.2, 0.25) is 0 Å². The number of phenols is 1. The van der Waals surface area contributed by atoms with Crippen LogP contribution in [0.25, 0.3) is 0 Å². The van der Waals surface area contributed by atoms with Gasteiger partial charge in [-0.15, -0.1) is 0 Å². The van der Waals surface area contributed by atoms with Gasteiger partial charge in [0.25, 0.3) is 5.91 Å². The molecule has 26 heavy (non-hydrogen) atoms. The Kier molecular flexibility index (Phi) is 5.90. The third-order valence-corrected chi connectivity index (χ3v) is 3.72. The first-order valence-electron chi connectivity index (χ1n) is 7.78. The summed E-state index contributed by atoms with van der Waals surface area (Å²) in [5.74, 6) is -0.266. The van der Waals surface area contributed by atoms with Crippen molar-refractivity contribution in [3.05, 3.63) is 62.7 Å². The van der Waals surface area contributed by atoms with Crippen molar-refractivity contribution in [3.63, 3.8) is 0 Å². The third kappa shape index (κ3) is 4.79.